The number of primary amides is 1. The molecule has 3 rings (SSSR count). The highest BCUT2D eigenvalue weighted by Gasteiger charge is 2.30. The normalized spacial score (nSPS) is 11.3. The monoisotopic (exact) mass is 363 g/mol. The number of benzene rings is 1. The molecule has 0 fully saturated rings. The molecular formula is C17H12F3N3OS. The summed E-state index contributed by atoms with van der Waals surface area (Å²) in [5.41, 5.74) is 5.72. The summed E-state index contributed by atoms with van der Waals surface area (Å²) in [5.74, 6) is -0.440. The maximum absolute atomic E-state index is 12.6. The number of carbonyl (C=O) groups excluding carboxylic acids is 1. The summed E-state index contributed by atoms with van der Waals surface area (Å²) in [6.45, 7) is 0. The third-order valence-corrected chi connectivity index (χ3v) is 4.49. The summed E-state index contributed by atoms with van der Waals surface area (Å²) < 4.78 is 37.8. The van der Waals surface area contributed by atoms with Crippen molar-refractivity contribution in [1.82, 2.24) is 4.98 Å². The van der Waals surface area contributed by atoms with Crippen LogP contribution in [0.4, 0.5) is 24.0 Å². The van der Waals surface area contributed by atoms with Crippen molar-refractivity contribution in [2.75, 3.05) is 5.32 Å². The minimum absolute atomic E-state index is 0.192. The van der Waals surface area contributed by atoms with Crippen LogP contribution in [0.5, 0.6) is 0 Å². The van der Waals surface area contributed by atoms with Gasteiger partial charge in [-0.25, -0.2) is 4.98 Å². The quantitative estimate of drug-likeness (QED) is 0.708. The first kappa shape index (κ1) is 17.0. The number of hydrogen-bond donors (Lipinski definition) is 2. The van der Waals surface area contributed by atoms with Crippen LogP contribution in [0.15, 0.2) is 54.7 Å². The summed E-state index contributed by atoms with van der Waals surface area (Å²) in [5, 5.41) is 3.29. The molecule has 25 heavy (non-hydrogen) atoms. The number of thiophene rings is 1. The van der Waals surface area contributed by atoms with E-state index in [0.717, 1.165) is 22.7 Å². The van der Waals surface area contributed by atoms with Crippen molar-refractivity contribution in [3.8, 4) is 10.4 Å². The Bertz CT molecular complexity index is 890. The molecule has 1 amide bonds. The zero-order valence-electron chi connectivity index (χ0n) is 12.7. The van der Waals surface area contributed by atoms with Gasteiger partial charge in [0.15, 0.2) is 0 Å². The number of hydrogen-bond acceptors (Lipinski definition) is 4. The Morgan fingerprint density at radius 1 is 1.12 bits per heavy atom. The molecule has 8 heteroatoms. The van der Waals surface area contributed by atoms with Crippen LogP contribution < -0.4 is 11.1 Å². The Labute approximate surface area is 145 Å². The number of halogens is 3. The maximum Gasteiger partial charge on any atom is 0.417 e. The number of alkyl halides is 3. The molecule has 128 valence electrons. The van der Waals surface area contributed by atoms with Gasteiger partial charge in [0.25, 0.3) is 5.91 Å². The van der Waals surface area contributed by atoms with E-state index < -0.39 is 17.6 Å². The number of carbonyl (C=O) groups is 1. The summed E-state index contributed by atoms with van der Waals surface area (Å²) in [4.78, 5) is 16.2. The van der Waals surface area contributed by atoms with Gasteiger partial charge in [0.1, 0.15) is 10.8 Å². The van der Waals surface area contributed by atoms with Crippen LogP contribution in [0, 0.1) is 0 Å². The second-order valence-electron chi connectivity index (χ2n) is 5.14. The van der Waals surface area contributed by atoms with Crippen LogP contribution in [0.3, 0.4) is 0 Å². The van der Waals surface area contributed by atoms with Gasteiger partial charge in [-0.15, -0.1) is 11.3 Å². The number of nitrogens with one attached hydrogen (secondary N) is 1. The molecule has 4 nitrogen and oxygen atoms in total. The van der Waals surface area contributed by atoms with Crippen molar-refractivity contribution >= 4 is 28.1 Å². The van der Waals surface area contributed by atoms with Crippen LogP contribution in [-0.2, 0) is 6.18 Å². The summed E-state index contributed by atoms with van der Waals surface area (Å²) in [7, 11) is 0. The first-order valence-electron chi connectivity index (χ1n) is 7.14. The first-order chi connectivity index (χ1) is 11.8. The average molecular weight is 363 g/mol. The first-order valence-corrected chi connectivity index (χ1v) is 7.95. The van der Waals surface area contributed by atoms with Crippen molar-refractivity contribution in [2.24, 2.45) is 5.73 Å². The number of nitrogens with two attached hydrogens (primary N) is 1. The largest absolute Gasteiger partial charge is 0.417 e. The number of amides is 1. The number of anilines is 2. The Kier molecular flexibility index (Phi) is 4.45. The van der Waals surface area contributed by atoms with Crippen LogP contribution >= 0.6 is 11.3 Å². The molecule has 3 N–H and O–H groups in total. The second kappa shape index (κ2) is 6.56. The highest BCUT2D eigenvalue weighted by molar-refractivity contribution is 7.19. The molecule has 0 unspecified atom stereocenters. The minimum atomic E-state index is -4.45. The summed E-state index contributed by atoms with van der Waals surface area (Å²) in [6.07, 6.45) is -3.72. The van der Waals surface area contributed by atoms with Crippen molar-refractivity contribution in [2.45, 2.75) is 6.18 Å². The van der Waals surface area contributed by atoms with E-state index in [1.807, 2.05) is 30.3 Å². The standard InChI is InChI=1S/C17H12F3N3OS/c18-17(19,20)11-6-7-14(22-9-11)23-16-12(15(21)24)8-13(25-16)10-4-2-1-3-5-10/h1-9H,(H2,21,24)(H,22,23). The number of nitrogens with zero attached hydrogens (tertiary/aromatic N) is 1. The van der Waals surface area contributed by atoms with Crippen molar-refractivity contribution < 1.29 is 18.0 Å². The molecule has 0 bridgehead atoms. The molecule has 3 aromatic rings. The summed E-state index contributed by atoms with van der Waals surface area (Å²) >= 11 is 1.27. The van der Waals surface area contributed by atoms with Gasteiger partial charge < -0.3 is 11.1 Å². The zero-order valence-corrected chi connectivity index (χ0v) is 13.5. The fraction of sp³-hybridized carbons (Fsp3) is 0.0588. The SMILES string of the molecule is NC(=O)c1cc(-c2ccccc2)sc1Nc1ccc(C(F)(F)F)cn1. The Hall–Kier alpha value is -2.87. The van der Waals surface area contributed by atoms with E-state index in [0.29, 0.717) is 5.00 Å². The molecule has 0 aliphatic rings. The van der Waals surface area contributed by atoms with Gasteiger partial charge in [-0.3, -0.25) is 4.79 Å². The second-order valence-corrected chi connectivity index (χ2v) is 6.19. The van der Waals surface area contributed by atoms with E-state index in [4.69, 9.17) is 5.73 Å². The van der Waals surface area contributed by atoms with Gasteiger partial charge in [-0.1, -0.05) is 30.3 Å². The third-order valence-electron chi connectivity index (χ3n) is 3.39. The predicted octanol–water partition coefficient (Wildman–Crippen LogP) is 4.67. The molecule has 1 aromatic carbocycles. The topological polar surface area (TPSA) is 68.0 Å². The van der Waals surface area contributed by atoms with E-state index in [-0.39, 0.29) is 11.4 Å². The van der Waals surface area contributed by atoms with E-state index in [9.17, 15) is 18.0 Å². The molecule has 0 spiro atoms. The molecule has 0 saturated heterocycles. The lowest BCUT2D eigenvalue weighted by atomic mass is 10.1. The van der Waals surface area contributed by atoms with Gasteiger partial charge in [0, 0.05) is 11.1 Å². The molecule has 2 heterocycles. The van der Waals surface area contributed by atoms with Crippen LogP contribution in [0.25, 0.3) is 10.4 Å². The lowest BCUT2D eigenvalue weighted by molar-refractivity contribution is -0.137. The maximum atomic E-state index is 12.6. The van der Waals surface area contributed by atoms with Crippen molar-refractivity contribution in [1.29, 1.82) is 0 Å². The molecule has 0 radical (unpaired) electrons. The van der Waals surface area contributed by atoms with Gasteiger partial charge in [-0.2, -0.15) is 13.2 Å². The number of aromatic nitrogens is 1. The van der Waals surface area contributed by atoms with Gasteiger partial charge >= 0.3 is 6.18 Å². The Balaban J connectivity index is 1.91. The Morgan fingerprint density at radius 3 is 2.40 bits per heavy atom. The van der Waals surface area contributed by atoms with Crippen LogP contribution in [0.2, 0.25) is 0 Å². The van der Waals surface area contributed by atoms with E-state index in [1.54, 1.807) is 6.07 Å². The molecule has 2 aromatic heterocycles. The predicted molar refractivity (Wildman–Crippen MR) is 90.8 cm³/mol. The number of rotatable bonds is 4. The van der Waals surface area contributed by atoms with Crippen molar-refractivity contribution in [3.63, 3.8) is 0 Å². The minimum Gasteiger partial charge on any atom is -0.366 e. The van der Waals surface area contributed by atoms with Gasteiger partial charge in [0.2, 0.25) is 0 Å². The van der Waals surface area contributed by atoms with Crippen LogP contribution in [-0.4, -0.2) is 10.9 Å². The molecule has 0 saturated carbocycles. The molecular weight excluding hydrogens is 351 g/mol. The van der Waals surface area contributed by atoms with E-state index >= 15 is 0 Å². The van der Waals surface area contributed by atoms with E-state index in [1.165, 1.54) is 17.4 Å². The smallest absolute Gasteiger partial charge is 0.366 e. The lowest BCUT2D eigenvalue weighted by Crippen LogP contribution is -2.11. The lowest BCUT2D eigenvalue weighted by Gasteiger charge is -2.08. The average Bonchev–Trinajstić information content (AvgIpc) is 2.99. The van der Waals surface area contributed by atoms with Gasteiger partial charge in [-0.05, 0) is 23.8 Å². The van der Waals surface area contributed by atoms with Crippen LogP contribution in [0.1, 0.15) is 15.9 Å². The summed E-state index contributed by atoms with van der Waals surface area (Å²) in [6, 6.07) is 13.1. The van der Waals surface area contributed by atoms with Crippen molar-refractivity contribution in [3.05, 3.63) is 65.9 Å². The highest BCUT2D eigenvalue weighted by Crippen LogP contribution is 2.37. The number of pyridine rings is 1. The molecule has 0 aliphatic carbocycles. The Morgan fingerprint density at radius 2 is 1.84 bits per heavy atom. The fourth-order valence-corrected chi connectivity index (χ4v) is 3.24. The van der Waals surface area contributed by atoms with Gasteiger partial charge in [0.05, 0.1) is 11.1 Å². The molecule has 0 aliphatic heterocycles. The van der Waals surface area contributed by atoms with E-state index in [2.05, 4.69) is 10.3 Å². The zero-order chi connectivity index (χ0) is 18.0. The fourth-order valence-electron chi connectivity index (χ4n) is 2.16. The third kappa shape index (κ3) is 3.80. The highest BCUT2D eigenvalue weighted by atomic mass is 32.1. The molecule has 0 atom stereocenters.